The van der Waals surface area contributed by atoms with Crippen molar-refractivity contribution in [1.82, 2.24) is 10.2 Å². The largest absolute Gasteiger partial charge is 0.396 e. The number of aromatic nitrogens is 2. The molecule has 0 amide bonds. The van der Waals surface area contributed by atoms with Crippen LogP contribution in [0.2, 0.25) is 0 Å². The molecular weight excluding hydrogens is 156 g/mol. The SMILES string of the molecule is CC(OCCCO)c1ccn[nH]1. The fourth-order valence-corrected chi connectivity index (χ4v) is 0.907. The molecule has 1 aromatic rings. The standard InChI is InChI=1S/C8H14N2O2/c1-7(12-6-2-5-11)8-3-4-9-10-8/h3-4,7,11H,2,5-6H2,1H3,(H,9,10). The van der Waals surface area contributed by atoms with Gasteiger partial charge >= 0.3 is 0 Å². The minimum Gasteiger partial charge on any atom is -0.396 e. The lowest BCUT2D eigenvalue weighted by molar-refractivity contribution is 0.0527. The molecule has 1 atom stereocenters. The first-order valence-corrected chi connectivity index (χ1v) is 4.06. The molecule has 0 bridgehead atoms. The second kappa shape index (κ2) is 4.90. The van der Waals surface area contributed by atoms with Crippen molar-refractivity contribution in [2.45, 2.75) is 19.4 Å². The Morgan fingerprint density at radius 2 is 2.58 bits per heavy atom. The van der Waals surface area contributed by atoms with Gasteiger partial charge in [-0.2, -0.15) is 5.10 Å². The van der Waals surface area contributed by atoms with Crippen molar-refractivity contribution in [2.75, 3.05) is 13.2 Å². The molecule has 1 unspecified atom stereocenters. The smallest absolute Gasteiger partial charge is 0.0960 e. The molecule has 0 aromatic carbocycles. The fourth-order valence-electron chi connectivity index (χ4n) is 0.907. The Hall–Kier alpha value is -0.870. The van der Waals surface area contributed by atoms with Crippen molar-refractivity contribution in [2.24, 2.45) is 0 Å². The zero-order valence-corrected chi connectivity index (χ0v) is 7.16. The van der Waals surface area contributed by atoms with Gasteiger partial charge in [0.15, 0.2) is 0 Å². The molecule has 0 radical (unpaired) electrons. The van der Waals surface area contributed by atoms with Crippen molar-refractivity contribution >= 4 is 0 Å². The number of H-pyrrole nitrogens is 1. The number of aromatic amines is 1. The number of nitrogens with zero attached hydrogens (tertiary/aromatic N) is 1. The Kier molecular flexibility index (Phi) is 3.76. The van der Waals surface area contributed by atoms with Gasteiger partial charge < -0.3 is 9.84 Å². The molecule has 0 fully saturated rings. The van der Waals surface area contributed by atoms with E-state index in [4.69, 9.17) is 9.84 Å². The Morgan fingerprint density at radius 3 is 3.17 bits per heavy atom. The summed E-state index contributed by atoms with van der Waals surface area (Å²) in [6.45, 7) is 2.71. The summed E-state index contributed by atoms with van der Waals surface area (Å²) in [4.78, 5) is 0. The first kappa shape index (κ1) is 9.22. The van der Waals surface area contributed by atoms with Crippen LogP contribution in [0.1, 0.15) is 25.1 Å². The summed E-state index contributed by atoms with van der Waals surface area (Å²) in [6, 6.07) is 1.88. The van der Waals surface area contributed by atoms with E-state index in [1.165, 1.54) is 0 Å². The second-order valence-corrected chi connectivity index (χ2v) is 2.60. The number of aliphatic hydroxyl groups excluding tert-OH is 1. The van der Waals surface area contributed by atoms with Gasteiger partial charge in [0.05, 0.1) is 11.8 Å². The van der Waals surface area contributed by atoms with Crippen molar-refractivity contribution < 1.29 is 9.84 Å². The number of rotatable bonds is 5. The van der Waals surface area contributed by atoms with Gasteiger partial charge in [-0.05, 0) is 19.4 Å². The van der Waals surface area contributed by atoms with Crippen molar-refractivity contribution in [1.29, 1.82) is 0 Å². The third kappa shape index (κ3) is 2.64. The number of nitrogens with one attached hydrogen (secondary N) is 1. The highest BCUT2D eigenvalue weighted by Crippen LogP contribution is 2.12. The van der Waals surface area contributed by atoms with Crippen LogP contribution in [-0.4, -0.2) is 28.5 Å². The average Bonchev–Trinajstić information content (AvgIpc) is 2.56. The molecule has 68 valence electrons. The van der Waals surface area contributed by atoms with Crippen LogP contribution in [0.3, 0.4) is 0 Å². The lowest BCUT2D eigenvalue weighted by atomic mass is 10.3. The zero-order chi connectivity index (χ0) is 8.81. The van der Waals surface area contributed by atoms with Crippen LogP contribution < -0.4 is 0 Å². The number of ether oxygens (including phenoxy) is 1. The van der Waals surface area contributed by atoms with Crippen molar-refractivity contribution in [3.05, 3.63) is 18.0 Å². The molecule has 0 saturated heterocycles. The lowest BCUT2D eigenvalue weighted by Crippen LogP contribution is -2.03. The van der Waals surface area contributed by atoms with Crippen LogP contribution in [0.4, 0.5) is 0 Å². The molecule has 0 aliphatic rings. The van der Waals surface area contributed by atoms with E-state index in [2.05, 4.69) is 10.2 Å². The van der Waals surface area contributed by atoms with Gasteiger partial charge in [-0.15, -0.1) is 0 Å². The molecule has 2 N–H and O–H groups in total. The highest BCUT2D eigenvalue weighted by Gasteiger charge is 2.05. The van der Waals surface area contributed by atoms with Gasteiger partial charge in [-0.25, -0.2) is 0 Å². The van der Waals surface area contributed by atoms with Crippen LogP contribution in [-0.2, 0) is 4.74 Å². The maximum Gasteiger partial charge on any atom is 0.0960 e. The lowest BCUT2D eigenvalue weighted by Gasteiger charge is -2.09. The van der Waals surface area contributed by atoms with Gasteiger partial charge in [-0.3, -0.25) is 5.10 Å². The van der Waals surface area contributed by atoms with E-state index in [-0.39, 0.29) is 12.7 Å². The van der Waals surface area contributed by atoms with Crippen LogP contribution >= 0.6 is 0 Å². The van der Waals surface area contributed by atoms with E-state index in [0.717, 1.165) is 5.69 Å². The van der Waals surface area contributed by atoms with E-state index in [0.29, 0.717) is 13.0 Å². The van der Waals surface area contributed by atoms with Crippen LogP contribution in [0, 0.1) is 0 Å². The zero-order valence-electron chi connectivity index (χ0n) is 7.16. The summed E-state index contributed by atoms with van der Waals surface area (Å²) in [7, 11) is 0. The minimum absolute atomic E-state index is 0.0269. The highest BCUT2D eigenvalue weighted by molar-refractivity contribution is 5.00. The number of aliphatic hydroxyl groups is 1. The maximum absolute atomic E-state index is 8.51. The summed E-state index contributed by atoms with van der Waals surface area (Å²) < 4.78 is 5.40. The monoisotopic (exact) mass is 170 g/mol. The number of hydrogen-bond acceptors (Lipinski definition) is 3. The van der Waals surface area contributed by atoms with Crippen LogP contribution in [0.5, 0.6) is 0 Å². The highest BCUT2D eigenvalue weighted by atomic mass is 16.5. The normalized spacial score (nSPS) is 13.2. The third-order valence-electron chi connectivity index (χ3n) is 1.63. The van der Waals surface area contributed by atoms with Crippen LogP contribution in [0.25, 0.3) is 0 Å². The second-order valence-electron chi connectivity index (χ2n) is 2.60. The molecule has 12 heavy (non-hydrogen) atoms. The molecule has 1 heterocycles. The van der Waals surface area contributed by atoms with E-state index >= 15 is 0 Å². The van der Waals surface area contributed by atoms with E-state index < -0.39 is 0 Å². The third-order valence-corrected chi connectivity index (χ3v) is 1.63. The molecule has 0 spiro atoms. The Morgan fingerprint density at radius 1 is 1.75 bits per heavy atom. The Bertz CT molecular complexity index is 199. The topological polar surface area (TPSA) is 58.1 Å². The predicted molar refractivity (Wildman–Crippen MR) is 44.7 cm³/mol. The minimum atomic E-state index is 0.0269. The Labute approximate surface area is 71.6 Å². The number of hydrogen-bond donors (Lipinski definition) is 2. The molecule has 0 saturated carbocycles. The summed E-state index contributed by atoms with van der Waals surface area (Å²) >= 11 is 0. The summed E-state index contributed by atoms with van der Waals surface area (Å²) in [6.07, 6.45) is 2.40. The maximum atomic E-state index is 8.51. The molecule has 1 rings (SSSR count). The summed E-state index contributed by atoms with van der Waals surface area (Å²) in [5.74, 6) is 0. The quantitative estimate of drug-likeness (QED) is 0.644. The van der Waals surface area contributed by atoms with Gasteiger partial charge in [0.25, 0.3) is 0 Å². The average molecular weight is 170 g/mol. The van der Waals surface area contributed by atoms with E-state index in [1.54, 1.807) is 6.20 Å². The molecule has 1 aromatic heterocycles. The Balaban J connectivity index is 2.25. The predicted octanol–water partition coefficient (Wildman–Crippen LogP) is 0.870. The van der Waals surface area contributed by atoms with Gasteiger partial charge in [0.2, 0.25) is 0 Å². The molecular formula is C8H14N2O2. The van der Waals surface area contributed by atoms with Crippen molar-refractivity contribution in [3.8, 4) is 0 Å². The van der Waals surface area contributed by atoms with E-state index in [9.17, 15) is 0 Å². The summed E-state index contributed by atoms with van der Waals surface area (Å²) in [5.41, 5.74) is 0.966. The molecule has 4 heteroatoms. The van der Waals surface area contributed by atoms with Gasteiger partial charge in [0.1, 0.15) is 0 Å². The molecule has 0 aliphatic heterocycles. The van der Waals surface area contributed by atoms with Gasteiger partial charge in [-0.1, -0.05) is 0 Å². The fraction of sp³-hybridized carbons (Fsp3) is 0.625. The van der Waals surface area contributed by atoms with E-state index in [1.807, 2.05) is 13.0 Å². The summed E-state index contributed by atoms with van der Waals surface area (Å²) in [5, 5.41) is 15.2. The van der Waals surface area contributed by atoms with Crippen LogP contribution in [0.15, 0.2) is 12.3 Å². The molecule has 0 aliphatic carbocycles. The molecule has 4 nitrogen and oxygen atoms in total. The van der Waals surface area contributed by atoms with Gasteiger partial charge in [0, 0.05) is 19.4 Å². The first-order chi connectivity index (χ1) is 5.84. The first-order valence-electron chi connectivity index (χ1n) is 4.06. The van der Waals surface area contributed by atoms with Crippen molar-refractivity contribution in [3.63, 3.8) is 0 Å².